The highest BCUT2D eigenvalue weighted by molar-refractivity contribution is 7.13. The number of nitrogens with zero attached hydrogens (tertiary/aromatic N) is 2. The van der Waals surface area contributed by atoms with Crippen molar-refractivity contribution in [3.63, 3.8) is 0 Å². The molecule has 26 heavy (non-hydrogen) atoms. The SMILES string of the molecule is COc1ccc([C@H](C)N(C)C(=O)NCCCc2csc(N)n2)c(OC)c1. The van der Waals surface area contributed by atoms with Crippen molar-refractivity contribution in [3.05, 3.63) is 34.8 Å². The zero-order valence-corrected chi connectivity index (χ0v) is 16.4. The van der Waals surface area contributed by atoms with Gasteiger partial charge in [0.25, 0.3) is 0 Å². The van der Waals surface area contributed by atoms with Gasteiger partial charge in [-0.1, -0.05) is 0 Å². The molecule has 0 aliphatic heterocycles. The van der Waals surface area contributed by atoms with Crippen molar-refractivity contribution in [1.82, 2.24) is 15.2 Å². The number of ether oxygens (including phenoxy) is 2. The van der Waals surface area contributed by atoms with Crippen molar-refractivity contribution in [2.45, 2.75) is 25.8 Å². The van der Waals surface area contributed by atoms with Gasteiger partial charge in [-0.15, -0.1) is 11.3 Å². The highest BCUT2D eigenvalue weighted by Gasteiger charge is 2.20. The van der Waals surface area contributed by atoms with E-state index in [1.807, 2.05) is 30.5 Å². The Morgan fingerprint density at radius 1 is 1.38 bits per heavy atom. The van der Waals surface area contributed by atoms with Gasteiger partial charge in [0.1, 0.15) is 11.5 Å². The van der Waals surface area contributed by atoms with Crippen LogP contribution in [-0.2, 0) is 6.42 Å². The van der Waals surface area contributed by atoms with Crippen LogP contribution < -0.4 is 20.5 Å². The summed E-state index contributed by atoms with van der Waals surface area (Å²) in [5.41, 5.74) is 7.50. The van der Waals surface area contributed by atoms with Gasteiger partial charge in [0, 0.05) is 30.6 Å². The molecule has 142 valence electrons. The molecule has 0 aliphatic carbocycles. The van der Waals surface area contributed by atoms with Crippen molar-refractivity contribution < 1.29 is 14.3 Å². The lowest BCUT2D eigenvalue weighted by molar-refractivity contribution is 0.193. The molecule has 2 amide bonds. The Balaban J connectivity index is 1.88. The average Bonchev–Trinajstić information content (AvgIpc) is 3.08. The largest absolute Gasteiger partial charge is 0.497 e. The summed E-state index contributed by atoms with van der Waals surface area (Å²) >= 11 is 1.43. The Kier molecular flexibility index (Phi) is 7.08. The second kappa shape index (κ2) is 9.28. The summed E-state index contributed by atoms with van der Waals surface area (Å²) in [4.78, 5) is 18.3. The number of aryl methyl sites for hydroxylation is 1. The molecule has 2 aromatic rings. The van der Waals surface area contributed by atoms with Crippen LogP contribution in [0.2, 0.25) is 0 Å². The molecule has 8 heteroatoms. The Labute approximate surface area is 158 Å². The summed E-state index contributed by atoms with van der Waals surface area (Å²) in [5.74, 6) is 1.41. The van der Waals surface area contributed by atoms with Crippen LogP contribution >= 0.6 is 11.3 Å². The summed E-state index contributed by atoms with van der Waals surface area (Å²) < 4.78 is 10.7. The average molecular weight is 378 g/mol. The molecule has 2 rings (SSSR count). The number of thiazole rings is 1. The normalized spacial score (nSPS) is 11.7. The van der Waals surface area contributed by atoms with Crippen LogP contribution in [0.3, 0.4) is 0 Å². The van der Waals surface area contributed by atoms with Gasteiger partial charge < -0.3 is 25.4 Å². The van der Waals surface area contributed by atoms with E-state index in [1.165, 1.54) is 11.3 Å². The highest BCUT2D eigenvalue weighted by atomic mass is 32.1. The predicted octanol–water partition coefficient (Wildman–Crippen LogP) is 3.08. The van der Waals surface area contributed by atoms with Crippen molar-refractivity contribution in [1.29, 1.82) is 0 Å². The first-order valence-electron chi connectivity index (χ1n) is 8.38. The summed E-state index contributed by atoms with van der Waals surface area (Å²) in [7, 11) is 4.98. The number of carbonyl (C=O) groups is 1. The fraction of sp³-hybridized carbons (Fsp3) is 0.444. The minimum Gasteiger partial charge on any atom is -0.497 e. The molecule has 1 heterocycles. The molecule has 3 N–H and O–H groups in total. The molecule has 1 atom stereocenters. The van der Waals surface area contributed by atoms with Crippen LogP contribution in [0.15, 0.2) is 23.6 Å². The van der Waals surface area contributed by atoms with E-state index in [0.29, 0.717) is 23.2 Å². The van der Waals surface area contributed by atoms with Crippen LogP contribution in [0.4, 0.5) is 9.93 Å². The van der Waals surface area contributed by atoms with Gasteiger partial charge in [-0.05, 0) is 31.9 Å². The smallest absolute Gasteiger partial charge is 0.317 e. The fourth-order valence-electron chi connectivity index (χ4n) is 2.58. The maximum absolute atomic E-state index is 12.4. The molecular weight excluding hydrogens is 352 g/mol. The standard InChI is InChI=1S/C18H26N4O3S/c1-12(15-8-7-14(24-3)10-16(15)25-4)22(2)18(23)20-9-5-6-13-11-26-17(19)21-13/h7-8,10-12H,5-6,9H2,1-4H3,(H2,19,21)(H,20,23)/t12-/m0/s1. The van der Waals surface area contributed by atoms with E-state index in [0.717, 1.165) is 24.1 Å². The predicted molar refractivity (Wildman–Crippen MR) is 104 cm³/mol. The van der Waals surface area contributed by atoms with E-state index in [4.69, 9.17) is 15.2 Å². The van der Waals surface area contributed by atoms with Crippen LogP contribution in [0, 0.1) is 0 Å². The van der Waals surface area contributed by atoms with Gasteiger partial charge in [-0.25, -0.2) is 9.78 Å². The lowest BCUT2D eigenvalue weighted by atomic mass is 10.1. The minimum atomic E-state index is -0.144. The molecule has 0 saturated heterocycles. The molecular formula is C18H26N4O3S. The van der Waals surface area contributed by atoms with Crippen molar-refractivity contribution in [3.8, 4) is 11.5 Å². The lowest BCUT2D eigenvalue weighted by Crippen LogP contribution is -2.39. The number of rotatable bonds is 8. The summed E-state index contributed by atoms with van der Waals surface area (Å²) in [6.45, 7) is 2.54. The summed E-state index contributed by atoms with van der Waals surface area (Å²) in [5, 5.41) is 5.46. The number of hydrogen-bond donors (Lipinski definition) is 2. The van der Waals surface area contributed by atoms with Crippen LogP contribution in [0.1, 0.15) is 30.6 Å². The Hall–Kier alpha value is -2.48. The van der Waals surface area contributed by atoms with Gasteiger partial charge in [-0.3, -0.25) is 0 Å². The number of amides is 2. The number of nitrogens with one attached hydrogen (secondary N) is 1. The number of nitrogen functional groups attached to an aromatic ring is 1. The maximum Gasteiger partial charge on any atom is 0.317 e. The molecule has 0 saturated carbocycles. The fourth-order valence-corrected chi connectivity index (χ4v) is 3.17. The van der Waals surface area contributed by atoms with Gasteiger partial charge in [0.15, 0.2) is 5.13 Å². The van der Waals surface area contributed by atoms with Crippen LogP contribution in [-0.4, -0.2) is 43.7 Å². The molecule has 0 fully saturated rings. The number of carbonyl (C=O) groups excluding carboxylic acids is 1. The van der Waals surface area contributed by atoms with Crippen molar-refractivity contribution in [2.75, 3.05) is 33.5 Å². The molecule has 7 nitrogen and oxygen atoms in total. The van der Waals surface area contributed by atoms with Gasteiger partial charge in [-0.2, -0.15) is 0 Å². The second-order valence-corrected chi connectivity index (χ2v) is 6.80. The lowest BCUT2D eigenvalue weighted by Gasteiger charge is -2.27. The number of benzene rings is 1. The molecule has 1 aromatic heterocycles. The first kappa shape index (κ1) is 19.8. The molecule has 0 radical (unpaired) electrons. The van der Waals surface area contributed by atoms with Crippen molar-refractivity contribution >= 4 is 22.5 Å². The third-order valence-corrected chi connectivity index (χ3v) is 4.97. The number of urea groups is 1. The van der Waals surface area contributed by atoms with Crippen molar-refractivity contribution in [2.24, 2.45) is 0 Å². The van der Waals surface area contributed by atoms with E-state index in [9.17, 15) is 4.79 Å². The number of hydrogen-bond acceptors (Lipinski definition) is 6. The van der Waals surface area contributed by atoms with Gasteiger partial charge in [0.05, 0.1) is 26.0 Å². The number of nitrogens with two attached hydrogens (primary N) is 1. The molecule has 1 aromatic carbocycles. The first-order chi connectivity index (χ1) is 12.5. The number of methoxy groups -OCH3 is 2. The van der Waals surface area contributed by atoms with Gasteiger partial charge in [0.2, 0.25) is 0 Å². The zero-order valence-electron chi connectivity index (χ0n) is 15.6. The van der Waals surface area contributed by atoms with Crippen LogP contribution in [0.5, 0.6) is 11.5 Å². The highest BCUT2D eigenvalue weighted by Crippen LogP contribution is 2.31. The third-order valence-electron chi connectivity index (χ3n) is 4.25. The first-order valence-corrected chi connectivity index (χ1v) is 9.26. The molecule has 0 aliphatic rings. The van der Waals surface area contributed by atoms with E-state index < -0.39 is 0 Å². The third kappa shape index (κ3) is 5.01. The minimum absolute atomic E-state index is 0.131. The monoisotopic (exact) mass is 378 g/mol. The van der Waals surface area contributed by atoms with E-state index >= 15 is 0 Å². The van der Waals surface area contributed by atoms with Gasteiger partial charge >= 0.3 is 6.03 Å². The zero-order chi connectivity index (χ0) is 19.1. The van der Waals surface area contributed by atoms with E-state index in [1.54, 1.807) is 26.2 Å². The summed E-state index contributed by atoms with van der Waals surface area (Å²) in [6, 6.07) is 5.32. The topological polar surface area (TPSA) is 89.7 Å². The molecule has 0 bridgehead atoms. The quantitative estimate of drug-likeness (QED) is 0.689. The summed E-state index contributed by atoms with van der Waals surface area (Å²) in [6.07, 6.45) is 1.60. The molecule has 0 unspecified atom stereocenters. The second-order valence-electron chi connectivity index (χ2n) is 5.91. The number of aromatic nitrogens is 1. The van der Waals surface area contributed by atoms with E-state index in [2.05, 4.69) is 10.3 Å². The Morgan fingerprint density at radius 2 is 2.15 bits per heavy atom. The maximum atomic E-state index is 12.4. The molecule has 0 spiro atoms. The van der Waals surface area contributed by atoms with E-state index in [-0.39, 0.29) is 12.1 Å². The Bertz CT molecular complexity index is 735. The van der Waals surface area contributed by atoms with Crippen LogP contribution in [0.25, 0.3) is 0 Å². The number of anilines is 1. The Morgan fingerprint density at radius 3 is 2.77 bits per heavy atom.